The van der Waals surface area contributed by atoms with Gasteiger partial charge < -0.3 is 15.0 Å². The largest absolute Gasteiger partial charge is 0.496 e. The first kappa shape index (κ1) is 22.5. The summed E-state index contributed by atoms with van der Waals surface area (Å²) in [5, 5.41) is 7.27. The molecule has 1 aromatic heterocycles. The van der Waals surface area contributed by atoms with Crippen molar-refractivity contribution in [3.63, 3.8) is 0 Å². The lowest BCUT2D eigenvalue weighted by atomic mass is 10.0. The zero-order valence-corrected chi connectivity index (χ0v) is 17.9. The van der Waals surface area contributed by atoms with Crippen LogP contribution in [-0.2, 0) is 16.1 Å². The Morgan fingerprint density at radius 2 is 2.00 bits per heavy atom. The second-order valence-electron chi connectivity index (χ2n) is 6.98. The van der Waals surface area contributed by atoms with Gasteiger partial charge in [0.1, 0.15) is 5.75 Å². The van der Waals surface area contributed by atoms with Gasteiger partial charge >= 0.3 is 0 Å². The molecule has 0 radical (unpaired) electrons. The van der Waals surface area contributed by atoms with E-state index in [1.165, 1.54) is 0 Å². The molecular formula is C22H32N4O3. The summed E-state index contributed by atoms with van der Waals surface area (Å²) in [5.41, 5.74) is 2.00. The lowest BCUT2D eigenvalue weighted by Crippen LogP contribution is -2.31. The number of benzene rings is 1. The first-order valence-corrected chi connectivity index (χ1v) is 10.2. The number of hydrogen-bond acceptors (Lipinski definition) is 4. The van der Waals surface area contributed by atoms with E-state index in [2.05, 4.69) is 10.4 Å². The van der Waals surface area contributed by atoms with Gasteiger partial charge in [-0.05, 0) is 51.0 Å². The number of amides is 2. The average Bonchev–Trinajstić information content (AvgIpc) is 3.22. The SMILES string of the molecule is CCN(CC)C(=O)CCCC(=O)N[C@@H](C)c1ccc(OC)c(Cn2cccn2)c1. The predicted octanol–water partition coefficient (Wildman–Crippen LogP) is 3.16. The van der Waals surface area contributed by atoms with Crippen molar-refractivity contribution >= 4 is 11.8 Å². The van der Waals surface area contributed by atoms with Crippen LogP contribution in [0.25, 0.3) is 0 Å². The van der Waals surface area contributed by atoms with Crippen LogP contribution in [0.1, 0.15) is 57.2 Å². The summed E-state index contributed by atoms with van der Waals surface area (Å²) >= 11 is 0. The molecule has 1 heterocycles. The highest BCUT2D eigenvalue weighted by molar-refractivity contribution is 5.79. The fourth-order valence-electron chi connectivity index (χ4n) is 3.29. The highest BCUT2D eigenvalue weighted by atomic mass is 16.5. The number of carbonyl (C=O) groups excluding carboxylic acids is 2. The van der Waals surface area contributed by atoms with Crippen LogP contribution in [0.2, 0.25) is 0 Å². The third-order valence-corrected chi connectivity index (χ3v) is 4.98. The van der Waals surface area contributed by atoms with Gasteiger partial charge in [-0.2, -0.15) is 5.10 Å². The Morgan fingerprint density at radius 3 is 2.62 bits per heavy atom. The molecular weight excluding hydrogens is 368 g/mol. The maximum atomic E-state index is 12.3. The summed E-state index contributed by atoms with van der Waals surface area (Å²) in [6.07, 6.45) is 4.94. The number of ether oxygens (including phenoxy) is 1. The van der Waals surface area contributed by atoms with Gasteiger partial charge in [0.25, 0.3) is 0 Å². The number of rotatable bonds is 11. The van der Waals surface area contributed by atoms with Crippen LogP contribution in [0, 0.1) is 0 Å². The molecule has 0 aliphatic heterocycles. The van der Waals surface area contributed by atoms with E-state index in [1.54, 1.807) is 18.2 Å². The first-order chi connectivity index (χ1) is 14.0. The summed E-state index contributed by atoms with van der Waals surface area (Å²) in [5.74, 6) is 0.848. The van der Waals surface area contributed by atoms with Gasteiger partial charge in [-0.1, -0.05) is 6.07 Å². The van der Waals surface area contributed by atoms with E-state index in [4.69, 9.17) is 4.74 Å². The Morgan fingerprint density at radius 1 is 1.24 bits per heavy atom. The van der Waals surface area contributed by atoms with Crippen molar-refractivity contribution in [1.29, 1.82) is 0 Å². The second kappa shape index (κ2) is 11.2. The number of methoxy groups -OCH3 is 1. The Labute approximate surface area is 173 Å². The lowest BCUT2D eigenvalue weighted by molar-refractivity contribution is -0.131. The summed E-state index contributed by atoms with van der Waals surface area (Å²) in [6, 6.07) is 7.66. The van der Waals surface area contributed by atoms with E-state index in [0.29, 0.717) is 38.9 Å². The zero-order valence-electron chi connectivity index (χ0n) is 17.9. The normalized spacial score (nSPS) is 11.7. The third kappa shape index (κ3) is 6.62. The number of nitrogens with zero attached hydrogens (tertiary/aromatic N) is 3. The third-order valence-electron chi connectivity index (χ3n) is 4.98. The van der Waals surface area contributed by atoms with Gasteiger partial charge in [-0.25, -0.2) is 0 Å². The Hall–Kier alpha value is -2.83. The summed E-state index contributed by atoms with van der Waals surface area (Å²) in [6.45, 7) is 7.89. The molecule has 2 rings (SSSR count). The highest BCUT2D eigenvalue weighted by Gasteiger charge is 2.14. The van der Waals surface area contributed by atoms with E-state index in [0.717, 1.165) is 16.9 Å². The number of carbonyl (C=O) groups is 2. The molecule has 2 aromatic rings. The van der Waals surface area contributed by atoms with E-state index in [1.807, 2.05) is 55.9 Å². The molecule has 1 atom stereocenters. The van der Waals surface area contributed by atoms with Crippen LogP contribution >= 0.6 is 0 Å². The number of nitrogens with one attached hydrogen (secondary N) is 1. The van der Waals surface area contributed by atoms with Gasteiger partial charge in [0.05, 0.1) is 19.7 Å². The summed E-state index contributed by atoms with van der Waals surface area (Å²) in [7, 11) is 1.65. The number of aromatic nitrogens is 2. The van der Waals surface area contributed by atoms with Gasteiger partial charge in [0.2, 0.25) is 11.8 Å². The molecule has 29 heavy (non-hydrogen) atoms. The Kier molecular flexibility index (Phi) is 8.70. The molecule has 0 aliphatic rings. The molecule has 0 saturated heterocycles. The molecule has 158 valence electrons. The highest BCUT2D eigenvalue weighted by Crippen LogP contribution is 2.24. The lowest BCUT2D eigenvalue weighted by Gasteiger charge is -2.19. The van der Waals surface area contributed by atoms with Crippen molar-refractivity contribution in [3.05, 3.63) is 47.8 Å². The minimum absolute atomic E-state index is 0.0470. The molecule has 1 N–H and O–H groups in total. The monoisotopic (exact) mass is 400 g/mol. The van der Waals surface area contributed by atoms with Crippen molar-refractivity contribution in [2.75, 3.05) is 20.2 Å². The van der Waals surface area contributed by atoms with Crippen LogP contribution < -0.4 is 10.1 Å². The fourth-order valence-corrected chi connectivity index (χ4v) is 3.29. The predicted molar refractivity (Wildman–Crippen MR) is 113 cm³/mol. The quantitative estimate of drug-likeness (QED) is 0.629. The molecule has 0 aliphatic carbocycles. The minimum Gasteiger partial charge on any atom is -0.496 e. The van der Waals surface area contributed by atoms with Crippen molar-refractivity contribution in [1.82, 2.24) is 20.0 Å². The minimum atomic E-state index is -0.136. The summed E-state index contributed by atoms with van der Waals surface area (Å²) < 4.78 is 7.29. The molecule has 0 spiro atoms. The van der Waals surface area contributed by atoms with Crippen LogP contribution in [0.4, 0.5) is 0 Å². The average molecular weight is 401 g/mol. The standard InChI is InChI=1S/C22H32N4O3/c1-5-25(6-2)22(28)10-7-9-21(27)24-17(3)18-11-12-20(29-4)19(15-18)16-26-14-8-13-23-26/h8,11-15,17H,5-7,9-10,16H2,1-4H3,(H,24,27)/t17-/m0/s1. The van der Waals surface area contributed by atoms with Gasteiger partial charge in [0.15, 0.2) is 0 Å². The maximum absolute atomic E-state index is 12.3. The zero-order chi connectivity index (χ0) is 21.2. The van der Waals surface area contributed by atoms with Crippen molar-refractivity contribution in [3.8, 4) is 5.75 Å². The van der Waals surface area contributed by atoms with Crippen molar-refractivity contribution in [2.24, 2.45) is 0 Å². The molecule has 0 bridgehead atoms. The number of hydrogen-bond donors (Lipinski definition) is 1. The topological polar surface area (TPSA) is 76.5 Å². The van der Waals surface area contributed by atoms with Crippen LogP contribution in [0.15, 0.2) is 36.7 Å². The van der Waals surface area contributed by atoms with Crippen molar-refractivity contribution < 1.29 is 14.3 Å². The smallest absolute Gasteiger partial charge is 0.222 e. The molecule has 7 heteroatoms. The molecule has 0 fully saturated rings. The maximum Gasteiger partial charge on any atom is 0.222 e. The molecule has 0 unspecified atom stereocenters. The van der Waals surface area contributed by atoms with Gasteiger partial charge in [-0.15, -0.1) is 0 Å². The molecule has 0 saturated carbocycles. The molecule has 2 amide bonds. The summed E-state index contributed by atoms with van der Waals surface area (Å²) in [4.78, 5) is 26.1. The van der Waals surface area contributed by atoms with Crippen LogP contribution in [-0.4, -0.2) is 46.7 Å². The van der Waals surface area contributed by atoms with Gasteiger partial charge in [-0.3, -0.25) is 14.3 Å². The van der Waals surface area contributed by atoms with Gasteiger partial charge in [0, 0.05) is 43.9 Å². The van der Waals surface area contributed by atoms with E-state index in [-0.39, 0.29) is 17.9 Å². The van der Waals surface area contributed by atoms with Crippen LogP contribution in [0.3, 0.4) is 0 Å². The Balaban J connectivity index is 1.91. The van der Waals surface area contributed by atoms with Crippen molar-refractivity contribution in [2.45, 2.75) is 52.6 Å². The van der Waals surface area contributed by atoms with E-state index >= 15 is 0 Å². The fraction of sp³-hybridized carbons (Fsp3) is 0.500. The van der Waals surface area contributed by atoms with E-state index < -0.39 is 0 Å². The Bertz CT molecular complexity index is 785. The van der Waals surface area contributed by atoms with E-state index in [9.17, 15) is 9.59 Å². The van der Waals surface area contributed by atoms with Crippen LogP contribution in [0.5, 0.6) is 5.75 Å². The molecule has 1 aromatic carbocycles. The second-order valence-corrected chi connectivity index (χ2v) is 6.98. The first-order valence-electron chi connectivity index (χ1n) is 10.2. The molecule has 7 nitrogen and oxygen atoms in total.